The molecular weight excluding hydrogens is 765 g/mol. The fraction of sp³-hybridized carbons (Fsp3) is 0. The van der Waals surface area contributed by atoms with Crippen LogP contribution in [0.1, 0.15) is 0 Å². The monoisotopic (exact) mass is 804 g/mol. The number of para-hydroxylation sites is 2. The van der Waals surface area contributed by atoms with Crippen molar-refractivity contribution in [2.75, 3.05) is 4.90 Å². The lowest BCUT2D eigenvalue weighted by molar-refractivity contribution is 0.669. The fourth-order valence-electron chi connectivity index (χ4n) is 9.36. The third-order valence-corrected chi connectivity index (χ3v) is 12.4. The van der Waals surface area contributed by atoms with Gasteiger partial charge in [-0.15, -0.1) is 0 Å². The van der Waals surface area contributed by atoms with Crippen molar-refractivity contribution >= 4 is 60.8 Å². The second-order valence-electron chi connectivity index (χ2n) is 16.1. The van der Waals surface area contributed by atoms with E-state index in [1.54, 1.807) is 0 Å². The number of anilines is 3. The number of rotatable bonds is 8. The lowest BCUT2D eigenvalue weighted by Gasteiger charge is -2.26. The molecule has 0 fully saturated rings. The highest BCUT2D eigenvalue weighted by Crippen LogP contribution is 2.43. The largest absolute Gasteiger partial charge is 0.456 e. The van der Waals surface area contributed by atoms with Crippen LogP contribution in [0.25, 0.3) is 93.9 Å². The van der Waals surface area contributed by atoms with E-state index in [1.807, 2.05) is 12.1 Å². The summed E-state index contributed by atoms with van der Waals surface area (Å²) in [7, 11) is 0. The summed E-state index contributed by atoms with van der Waals surface area (Å²) >= 11 is 0. The number of hydrogen-bond acceptors (Lipinski definition) is 2. The topological polar surface area (TPSA) is 21.3 Å². The van der Waals surface area contributed by atoms with E-state index in [4.69, 9.17) is 4.42 Å². The summed E-state index contributed by atoms with van der Waals surface area (Å²) in [6, 6.07) is 87.2. The Morgan fingerprint density at radius 3 is 1.44 bits per heavy atom. The first-order chi connectivity index (χ1) is 31.2. The van der Waals surface area contributed by atoms with Crippen LogP contribution in [0, 0.1) is 0 Å². The summed E-state index contributed by atoms with van der Waals surface area (Å²) in [5.74, 6) is 0. The molecule has 0 saturated carbocycles. The molecule has 0 aliphatic rings. The molecule has 2 aromatic heterocycles. The third kappa shape index (κ3) is 6.46. The molecule has 0 spiro atoms. The van der Waals surface area contributed by atoms with Gasteiger partial charge in [-0.05, 0) is 118 Å². The Morgan fingerprint density at radius 2 is 0.778 bits per heavy atom. The quantitative estimate of drug-likeness (QED) is 0.153. The second-order valence-corrected chi connectivity index (χ2v) is 16.1. The van der Waals surface area contributed by atoms with Crippen molar-refractivity contribution in [2.45, 2.75) is 0 Å². The molecule has 0 aliphatic carbocycles. The number of hydrogen-bond donors (Lipinski definition) is 0. The molecule has 296 valence electrons. The fourth-order valence-corrected chi connectivity index (χ4v) is 9.36. The first kappa shape index (κ1) is 36.5. The molecule has 0 unspecified atom stereocenters. The van der Waals surface area contributed by atoms with Crippen LogP contribution in [0.3, 0.4) is 0 Å². The van der Waals surface area contributed by atoms with Crippen molar-refractivity contribution in [1.29, 1.82) is 0 Å². The van der Waals surface area contributed by atoms with E-state index in [0.717, 1.165) is 55.8 Å². The highest BCUT2D eigenvalue weighted by Gasteiger charge is 2.20. The predicted octanol–water partition coefficient (Wildman–Crippen LogP) is 16.8. The van der Waals surface area contributed by atoms with Gasteiger partial charge in [0.2, 0.25) is 0 Å². The van der Waals surface area contributed by atoms with E-state index >= 15 is 0 Å². The SMILES string of the molecule is c1ccc(-c2ccc(N(c3cccc(-c4ccccc4-n4c5ccc(-c6ccccc6)cc5c5cc(-c6ccccc6)ccc54)c3)c3ccc4oc5ccccc5c4c3)cc2)cc1. The first-order valence-corrected chi connectivity index (χ1v) is 21.5. The molecule has 0 bridgehead atoms. The van der Waals surface area contributed by atoms with Gasteiger partial charge in [0.25, 0.3) is 0 Å². The summed E-state index contributed by atoms with van der Waals surface area (Å²) < 4.78 is 8.74. The van der Waals surface area contributed by atoms with Gasteiger partial charge in [0.05, 0.1) is 16.7 Å². The first-order valence-electron chi connectivity index (χ1n) is 21.5. The van der Waals surface area contributed by atoms with Gasteiger partial charge in [0.1, 0.15) is 11.2 Å². The molecule has 3 nitrogen and oxygen atoms in total. The molecule has 0 aliphatic heterocycles. The van der Waals surface area contributed by atoms with Crippen LogP contribution in [0.5, 0.6) is 0 Å². The van der Waals surface area contributed by atoms with E-state index in [-0.39, 0.29) is 0 Å². The molecule has 12 aromatic rings. The van der Waals surface area contributed by atoms with Gasteiger partial charge in [0, 0.05) is 44.2 Å². The van der Waals surface area contributed by atoms with Crippen LogP contribution in [-0.2, 0) is 0 Å². The molecular formula is C60H40N2O. The van der Waals surface area contributed by atoms with Crippen LogP contribution in [0.4, 0.5) is 17.1 Å². The normalized spacial score (nSPS) is 11.5. The van der Waals surface area contributed by atoms with Crippen LogP contribution < -0.4 is 4.90 Å². The number of fused-ring (bicyclic) bond motifs is 6. The minimum Gasteiger partial charge on any atom is -0.456 e. The predicted molar refractivity (Wildman–Crippen MR) is 264 cm³/mol. The van der Waals surface area contributed by atoms with Gasteiger partial charge in [0.15, 0.2) is 0 Å². The molecule has 2 heterocycles. The highest BCUT2D eigenvalue weighted by atomic mass is 16.3. The molecule has 0 saturated heterocycles. The zero-order valence-electron chi connectivity index (χ0n) is 34.4. The molecule has 0 N–H and O–H groups in total. The Morgan fingerprint density at radius 1 is 0.286 bits per heavy atom. The summed E-state index contributed by atoms with van der Waals surface area (Å²) in [5, 5.41) is 4.64. The lowest BCUT2D eigenvalue weighted by atomic mass is 10.0. The molecule has 0 radical (unpaired) electrons. The van der Waals surface area contributed by atoms with Gasteiger partial charge in [-0.3, -0.25) is 0 Å². The van der Waals surface area contributed by atoms with Gasteiger partial charge in [-0.2, -0.15) is 0 Å². The summed E-state index contributed by atoms with van der Waals surface area (Å²) in [5.41, 5.74) is 17.9. The maximum atomic E-state index is 6.29. The summed E-state index contributed by atoms with van der Waals surface area (Å²) in [4.78, 5) is 2.36. The van der Waals surface area contributed by atoms with E-state index in [1.165, 1.54) is 55.2 Å². The summed E-state index contributed by atoms with van der Waals surface area (Å²) in [6.07, 6.45) is 0. The third-order valence-electron chi connectivity index (χ3n) is 12.4. The highest BCUT2D eigenvalue weighted by molar-refractivity contribution is 6.12. The number of aromatic nitrogens is 1. The van der Waals surface area contributed by atoms with Crippen molar-refractivity contribution in [2.24, 2.45) is 0 Å². The molecule has 63 heavy (non-hydrogen) atoms. The minimum absolute atomic E-state index is 0.875. The van der Waals surface area contributed by atoms with E-state index in [9.17, 15) is 0 Å². The maximum Gasteiger partial charge on any atom is 0.135 e. The Labute approximate surface area is 366 Å². The average molecular weight is 805 g/mol. The average Bonchev–Trinajstić information content (AvgIpc) is 3.90. The number of nitrogens with zero attached hydrogens (tertiary/aromatic N) is 2. The van der Waals surface area contributed by atoms with Gasteiger partial charge < -0.3 is 13.9 Å². The Bertz CT molecular complexity index is 3510. The smallest absolute Gasteiger partial charge is 0.135 e. The standard InChI is InChI=1S/C60H40N2O/c1-4-15-41(16-5-1)44-27-31-48(32-28-44)61(50-33-36-60-55(40-50)52-24-11-13-26-59(52)63-60)49-22-14-21-47(37-49)51-23-10-12-25-56(51)62-57-34-29-45(42-17-6-2-7-18-42)38-53(57)54-39-46(30-35-58(54)62)43-19-8-3-9-20-43/h1-40H. The molecule has 10 aromatic carbocycles. The molecule has 0 amide bonds. The Kier molecular flexibility index (Phi) is 8.83. The van der Waals surface area contributed by atoms with Crippen LogP contribution in [0.15, 0.2) is 247 Å². The van der Waals surface area contributed by atoms with Crippen molar-refractivity contribution in [3.05, 3.63) is 243 Å². The van der Waals surface area contributed by atoms with Gasteiger partial charge in [-0.25, -0.2) is 0 Å². The van der Waals surface area contributed by atoms with E-state index in [2.05, 4.69) is 240 Å². The van der Waals surface area contributed by atoms with Crippen LogP contribution in [-0.4, -0.2) is 4.57 Å². The van der Waals surface area contributed by atoms with Crippen LogP contribution in [0.2, 0.25) is 0 Å². The van der Waals surface area contributed by atoms with Crippen LogP contribution >= 0.6 is 0 Å². The summed E-state index contributed by atoms with van der Waals surface area (Å²) in [6.45, 7) is 0. The molecule has 12 rings (SSSR count). The number of furan rings is 1. The zero-order valence-corrected chi connectivity index (χ0v) is 34.4. The van der Waals surface area contributed by atoms with Gasteiger partial charge in [-0.1, -0.05) is 164 Å². The maximum absolute atomic E-state index is 6.29. The minimum atomic E-state index is 0.875. The van der Waals surface area contributed by atoms with Crippen molar-refractivity contribution in [3.63, 3.8) is 0 Å². The Balaban J connectivity index is 1.03. The molecule has 0 atom stereocenters. The lowest BCUT2D eigenvalue weighted by Crippen LogP contribution is -2.10. The second kappa shape index (κ2) is 15.3. The Hall–Kier alpha value is -8.40. The van der Waals surface area contributed by atoms with E-state index in [0.29, 0.717) is 0 Å². The van der Waals surface area contributed by atoms with Gasteiger partial charge >= 0.3 is 0 Å². The number of benzene rings is 10. The van der Waals surface area contributed by atoms with Crippen molar-refractivity contribution < 1.29 is 4.42 Å². The van der Waals surface area contributed by atoms with Crippen molar-refractivity contribution in [1.82, 2.24) is 4.57 Å². The molecule has 3 heteroatoms. The zero-order chi connectivity index (χ0) is 41.7. The van der Waals surface area contributed by atoms with E-state index < -0.39 is 0 Å². The van der Waals surface area contributed by atoms with Crippen molar-refractivity contribution in [3.8, 4) is 50.2 Å².